The van der Waals surface area contributed by atoms with E-state index in [-0.39, 0.29) is 22.8 Å². The molecule has 8 nitrogen and oxygen atoms in total. The molecule has 2 aliphatic rings. The Hall–Kier alpha value is -4.37. The van der Waals surface area contributed by atoms with Crippen molar-refractivity contribution in [3.8, 4) is 5.69 Å². The van der Waals surface area contributed by atoms with Crippen LogP contribution in [0.4, 0.5) is 0 Å². The van der Waals surface area contributed by atoms with Gasteiger partial charge in [0.05, 0.1) is 15.9 Å². The number of fused-ring (bicyclic) bond motifs is 3. The Morgan fingerprint density at radius 3 is 2.58 bits per heavy atom. The molecule has 3 aromatic carbocycles. The number of nitrogens with one attached hydrogen (secondary N) is 1. The van der Waals surface area contributed by atoms with E-state index >= 15 is 0 Å². The minimum absolute atomic E-state index is 0.0282. The lowest BCUT2D eigenvalue weighted by Crippen LogP contribution is -2.61. The Kier molecular flexibility index (Phi) is 5.60. The van der Waals surface area contributed by atoms with Crippen LogP contribution in [0.1, 0.15) is 24.0 Å². The van der Waals surface area contributed by atoms with E-state index in [4.69, 9.17) is 0 Å². The van der Waals surface area contributed by atoms with Crippen molar-refractivity contribution in [1.29, 1.82) is 0 Å². The van der Waals surface area contributed by atoms with Crippen molar-refractivity contribution < 1.29 is 18.0 Å². The van der Waals surface area contributed by atoms with Gasteiger partial charge in [-0.25, -0.2) is 12.4 Å². The fraction of sp³-hybridized carbons (Fsp3) is 0.226. The molecule has 40 heavy (non-hydrogen) atoms. The number of carbonyl (C=O) groups excluding carboxylic acids is 2. The average Bonchev–Trinajstić information content (AvgIpc) is 3.69. The van der Waals surface area contributed by atoms with E-state index in [1.807, 2.05) is 60.2 Å². The number of rotatable bonds is 5. The summed E-state index contributed by atoms with van der Waals surface area (Å²) in [6, 6.07) is 21.4. The predicted octanol–water partition coefficient (Wildman–Crippen LogP) is 4.16. The van der Waals surface area contributed by atoms with Gasteiger partial charge in [0, 0.05) is 41.8 Å². The molecule has 2 atom stereocenters. The summed E-state index contributed by atoms with van der Waals surface area (Å²) in [4.78, 5) is 27.8. The van der Waals surface area contributed by atoms with Gasteiger partial charge in [-0.05, 0) is 61.7 Å². The number of amides is 2. The third-order valence-electron chi connectivity index (χ3n) is 8.17. The molecule has 2 saturated heterocycles. The van der Waals surface area contributed by atoms with E-state index in [2.05, 4.69) is 5.32 Å². The fourth-order valence-electron chi connectivity index (χ4n) is 6.09. The summed E-state index contributed by atoms with van der Waals surface area (Å²) < 4.78 is 30.4. The van der Waals surface area contributed by atoms with Crippen molar-refractivity contribution >= 4 is 43.6 Å². The quantitative estimate of drug-likeness (QED) is 0.354. The number of aryl methyl sites for hydroxylation is 1. The maximum absolute atomic E-state index is 13.5. The molecule has 1 N–H and O–H groups in total. The van der Waals surface area contributed by atoms with Crippen molar-refractivity contribution in [1.82, 2.24) is 18.8 Å². The first kappa shape index (κ1) is 24.7. The summed E-state index contributed by atoms with van der Waals surface area (Å²) in [6.07, 6.45) is 5.52. The predicted molar refractivity (Wildman–Crippen MR) is 153 cm³/mol. The first-order chi connectivity index (χ1) is 19.3. The molecule has 202 valence electrons. The molecule has 0 aliphatic carbocycles. The Morgan fingerprint density at radius 2 is 1.75 bits per heavy atom. The number of hydrogen-bond donors (Lipinski definition) is 1. The summed E-state index contributed by atoms with van der Waals surface area (Å²) in [5, 5.41) is 4.75. The van der Waals surface area contributed by atoms with Gasteiger partial charge in [0.2, 0.25) is 11.8 Å². The summed E-state index contributed by atoms with van der Waals surface area (Å²) in [6.45, 7) is 2.55. The van der Waals surface area contributed by atoms with Crippen LogP contribution >= 0.6 is 0 Å². The number of benzene rings is 3. The van der Waals surface area contributed by atoms with Crippen molar-refractivity contribution in [2.24, 2.45) is 0 Å². The molecule has 0 spiro atoms. The second-order valence-electron chi connectivity index (χ2n) is 10.7. The number of carbonyl (C=O) groups is 2. The lowest BCUT2D eigenvalue weighted by atomic mass is 10.0. The summed E-state index contributed by atoms with van der Waals surface area (Å²) in [7, 11) is -3.79. The van der Waals surface area contributed by atoms with Gasteiger partial charge in [0.1, 0.15) is 12.1 Å². The van der Waals surface area contributed by atoms with E-state index in [0.717, 1.165) is 39.5 Å². The Balaban J connectivity index is 1.29. The van der Waals surface area contributed by atoms with Crippen LogP contribution in [0.5, 0.6) is 0 Å². The molecule has 9 heteroatoms. The third kappa shape index (κ3) is 3.83. The number of para-hydroxylation sites is 1. The van der Waals surface area contributed by atoms with Gasteiger partial charge >= 0.3 is 0 Å². The van der Waals surface area contributed by atoms with Crippen LogP contribution in [-0.2, 0) is 26.0 Å². The molecule has 4 heterocycles. The largest absolute Gasteiger partial charge is 0.342 e. The van der Waals surface area contributed by atoms with E-state index < -0.39 is 16.1 Å². The van der Waals surface area contributed by atoms with Crippen LogP contribution in [-0.4, -0.2) is 52.3 Å². The van der Waals surface area contributed by atoms with Crippen molar-refractivity contribution in [3.63, 3.8) is 0 Å². The van der Waals surface area contributed by atoms with Gasteiger partial charge in [-0.3, -0.25) is 9.59 Å². The van der Waals surface area contributed by atoms with Crippen molar-refractivity contribution in [2.45, 2.75) is 43.2 Å². The van der Waals surface area contributed by atoms with Crippen LogP contribution in [0.3, 0.4) is 0 Å². The monoisotopic (exact) mass is 552 g/mol. The highest BCUT2D eigenvalue weighted by Gasteiger charge is 2.43. The molecule has 7 rings (SSSR count). The summed E-state index contributed by atoms with van der Waals surface area (Å²) in [5.74, 6) is -0.105. The zero-order valence-corrected chi connectivity index (χ0v) is 22.8. The Labute approximate surface area is 231 Å². The lowest BCUT2D eigenvalue weighted by molar-refractivity contribution is -0.146. The molecule has 5 aromatic rings. The minimum atomic E-state index is -3.79. The molecule has 0 bridgehead atoms. The highest BCUT2D eigenvalue weighted by Crippen LogP contribution is 2.31. The highest BCUT2D eigenvalue weighted by atomic mass is 32.2. The Bertz CT molecular complexity index is 1920. The van der Waals surface area contributed by atoms with Crippen LogP contribution in [0.2, 0.25) is 0 Å². The maximum atomic E-state index is 13.5. The molecule has 0 unspecified atom stereocenters. The fourth-order valence-corrected chi connectivity index (χ4v) is 7.44. The molecule has 2 aromatic heterocycles. The lowest BCUT2D eigenvalue weighted by Gasteiger charge is -2.34. The maximum Gasteiger partial charge on any atom is 0.268 e. The van der Waals surface area contributed by atoms with Gasteiger partial charge < -0.3 is 14.8 Å². The number of piperazine rings is 1. The summed E-state index contributed by atoms with van der Waals surface area (Å²) >= 11 is 0. The second-order valence-corrected chi connectivity index (χ2v) is 12.5. The highest BCUT2D eigenvalue weighted by molar-refractivity contribution is 7.90. The van der Waals surface area contributed by atoms with Crippen LogP contribution in [0.25, 0.3) is 27.5 Å². The van der Waals surface area contributed by atoms with E-state index in [1.165, 1.54) is 3.97 Å². The average molecular weight is 553 g/mol. The van der Waals surface area contributed by atoms with Crippen molar-refractivity contribution in [3.05, 3.63) is 96.3 Å². The first-order valence-corrected chi connectivity index (χ1v) is 14.9. The molecule has 2 fully saturated rings. The molecule has 0 saturated carbocycles. The van der Waals surface area contributed by atoms with Crippen LogP contribution in [0.15, 0.2) is 90.1 Å². The standard InChI is InChI=1S/C31H28N4O4S/c1-20-8-12-24(13-9-20)40(38,39)35-16-14-21-10-11-23(18-29(21)35)34-19-22(25-5-2-3-6-27(25)34)17-26-31(37)33-15-4-7-28(33)30(36)32-26/h2-3,5-6,8-14,16,18-19,26,28H,4,7,15,17H2,1H3,(H,32,36)/t26-,28-/m0/s1. The Morgan fingerprint density at radius 1 is 0.950 bits per heavy atom. The summed E-state index contributed by atoms with van der Waals surface area (Å²) in [5.41, 5.74) is 4.24. The van der Waals surface area contributed by atoms with E-state index in [1.54, 1.807) is 41.4 Å². The minimum Gasteiger partial charge on any atom is -0.342 e. The molecule has 2 aliphatic heterocycles. The van der Waals surface area contributed by atoms with Gasteiger partial charge in [0.25, 0.3) is 10.0 Å². The topological polar surface area (TPSA) is 93.4 Å². The zero-order valence-electron chi connectivity index (χ0n) is 21.9. The molecule has 2 amide bonds. The number of nitrogens with zero attached hydrogens (tertiary/aromatic N) is 3. The third-order valence-corrected chi connectivity index (χ3v) is 9.87. The molecular weight excluding hydrogens is 524 g/mol. The first-order valence-electron chi connectivity index (χ1n) is 13.4. The van der Waals surface area contributed by atoms with Gasteiger partial charge in [-0.15, -0.1) is 0 Å². The van der Waals surface area contributed by atoms with Crippen molar-refractivity contribution in [2.75, 3.05) is 6.54 Å². The smallest absolute Gasteiger partial charge is 0.268 e. The number of aromatic nitrogens is 2. The van der Waals surface area contributed by atoms with Gasteiger partial charge in [-0.1, -0.05) is 42.0 Å². The van der Waals surface area contributed by atoms with E-state index in [0.29, 0.717) is 24.9 Å². The van der Waals surface area contributed by atoms with Crippen LogP contribution in [0, 0.1) is 6.92 Å². The molecular formula is C31H28N4O4S. The van der Waals surface area contributed by atoms with E-state index in [9.17, 15) is 18.0 Å². The zero-order chi connectivity index (χ0) is 27.6. The van der Waals surface area contributed by atoms with Crippen LogP contribution < -0.4 is 5.32 Å². The van der Waals surface area contributed by atoms with Gasteiger partial charge in [-0.2, -0.15) is 0 Å². The SMILES string of the molecule is Cc1ccc(S(=O)(=O)n2ccc3ccc(-n4cc(C[C@@H]5NC(=O)[C@@H]6CCCN6C5=O)c5ccccc54)cc32)cc1. The normalized spacial score (nSPS) is 19.4. The second kappa shape index (κ2) is 9.09. The number of hydrogen-bond acceptors (Lipinski definition) is 4. The van der Waals surface area contributed by atoms with Gasteiger partial charge in [0.15, 0.2) is 0 Å². The molecule has 0 radical (unpaired) electrons.